The molecular formula is C17H14N2O2. The maximum atomic E-state index is 11.6. The Hall–Kier alpha value is -2.93. The summed E-state index contributed by atoms with van der Waals surface area (Å²) in [6, 6.07) is 16.3. The molecule has 0 spiro atoms. The predicted octanol–water partition coefficient (Wildman–Crippen LogP) is 3.41. The number of nitrogens with zero attached hydrogens (tertiary/aromatic N) is 1. The van der Waals surface area contributed by atoms with Gasteiger partial charge in [-0.1, -0.05) is 36.4 Å². The number of amides is 1. The Morgan fingerprint density at radius 2 is 1.90 bits per heavy atom. The lowest BCUT2D eigenvalue weighted by molar-refractivity contribution is -0.115. The molecule has 2 aromatic carbocycles. The van der Waals surface area contributed by atoms with Crippen LogP contribution in [-0.4, -0.2) is 11.7 Å². The van der Waals surface area contributed by atoms with Gasteiger partial charge in [0.05, 0.1) is 6.07 Å². The van der Waals surface area contributed by atoms with Gasteiger partial charge in [-0.15, -0.1) is 0 Å². The number of benzene rings is 2. The van der Waals surface area contributed by atoms with Crippen LogP contribution in [0.15, 0.2) is 48.5 Å². The van der Waals surface area contributed by atoms with E-state index in [1.807, 2.05) is 24.3 Å². The molecule has 0 bridgehead atoms. The summed E-state index contributed by atoms with van der Waals surface area (Å²) in [5, 5.41) is 11.3. The summed E-state index contributed by atoms with van der Waals surface area (Å²) >= 11 is 0. The Morgan fingerprint density at radius 1 is 1.14 bits per heavy atom. The summed E-state index contributed by atoms with van der Waals surface area (Å²) in [6.07, 6.45) is -0.193. The monoisotopic (exact) mass is 278 g/mol. The molecule has 0 aromatic heterocycles. The van der Waals surface area contributed by atoms with Crippen molar-refractivity contribution in [1.29, 1.82) is 5.26 Å². The minimum Gasteiger partial charge on any atom is -0.325 e. The third kappa shape index (κ3) is 3.54. The van der Waals surface area contributed by atoms with Crippen molar-refractivity contribution < 1.29 is 9.59 Å². The highest BCUT2D eigenvalue weighted by atomic mass is 16.1. The van der Waals surface area contributed by atoms with Crippen molar-refractivity contribution in [2.24, 2.45) is 0 Å². The van der Waals surface area contributed by atoms with Gasteiger partial charge in [0, 0.05) is 16.8 Å². The first-order chi connectivity index (χ1) is 10.1. The molecule has 104 valence electrons. The second-order valence-corrected chi connectivity index (χ2v) is 4.57. The molecule has 4 nitrogen and oxygen atoms in total. The number of carbonyl (C=O) groups is 2. The minimum absolute atomic E-state index is 0.0113. The zero-order chi connectivity index (χ0) is 15.2. The van der Waals surface area contributed by atoms with Crippen LogP contribution in [0.4, 0.5) is 5.69 Å². The topological polar surface area (TPSA) is 70.0 Å². The van der Waals surface area contributed by atoms with E-state index < -0.39 is 0 Å². The lowest BCUT2D eigenvalue weighted by atomic mass is 10.00. The van der Waals surface area contributed by atoms with Gasteiger partial charge in [-0.25, -0.2) is 0 Å². The van der Waals surface area contributed by atoms with E-state index in [-0.39, 0.29) is 18.1 Å². The van der Waals surface area contributed by atoms with Crippen molar-refractivity contribution in [2.75, 3.05) is 5.32 Å². The van der Waals surface area contributed by atoms with Gasteiger partial charge in [0.25, 0.3) is 0 Å². The van der Waals surface area contributed by atoms with Crippen molar-refractivity contribution in [3.8, 4) is 17.2 Å². The van der Waals surface area contributed by atoms with Crippen LogP contribution in [0.5, 0.6) is 0 Å². The van der Waals surface area contributed by atoms with Gasteiger partial charge in [-0.3, -0.25) is 9.59 Å². The molecule has 0 aliphatic rings. The van der Waals surface area contributed by atoms with E-state index in [4.69, 9.17) is 5.26 Å². The van der Waals surface area contributed by atoms with Crippen molar-refractivity contribution in [3.63, 3.8) is 0 Å². The number of hydrogen-bond acceptors (Lipinski definition) is 3. The third-order valence-corrected chi connectivity index (χ3v) is 3.02. The Bertz CT molecular complexity index is 730. The van der Waals surface area contributed by atoms with Crippen LogP contribution in [0.25, 0.3) is 11.1 Å². The quantitative estimate of drug-likeness (QED) is 0.871. The normalized spacial score (nSPS) is 9.71. The summed E-state index contributed by atoms with van der Waals surface area (Å²) in [5.74, 6) is -0.365. The number of anilines is 1. The van der Waals surface area contributed by atoms with E-state index >= 15 is 0 Å². The van der Waals surface area contributed by atoms with Crippen LogP contribution in [-0.2, 0) is 4.79 Å². The van der Waals surface area contributed by atoms with Crippen LogP contribution in [0, 0.1) is 11.3 Å². The van der Waals surface area contributed by atoms with Gasteiger partial charge >= 0.3 is 0 Å². The Kier molecular flexibility index (Phi) is 4.47. The zero-order valence-corrected chi connectivity index (χ0v) is 11.6. The average Bonchev–Trinajstić information content (AvgIpc) is 2.48. The highest BCUT2D eigenvalue weighted by molar-refractivity contribution is 5.98. The lowest BCUT2D eigenvalue weighted by Crippen LogP contribution is -2.10. The molecule has 1 N–H and O–H groups in total. The number of carbonyl (C=O) groups excluding carboxylic acids is 2. The van der Waals surface area contributed by atoms with Crippen molar-refractivity contribution in [3.05, 3.63) is 54.1 Å². The SMILES string of the molecule is CC(=O)c1cccc(-c2ccccc2NC(=O)CC#N)c1. The Balaban J connectivity index is 2.40. The lowest BCUT2D eigenvalue weighted by Gasteiger charge is -2.11. The average molecular weight is 278 g/mol. The number of nitriles is 1. The summed E-state index contributed by atoms with van der Waals surface area (Å²) in [4.78, 5) is 23.1. The van der Waals surface area contributed by atoms with Crippen molar-refractivity contribution >= 4 is 17.4 Å². The summed E-state index contributed by atoms with van der Waals surface area (Å²) < 4.78 is 0. The molecule has 1 amide bonds. The molecule has 0 atom stereocenters. The molecule has 0 radical (unpaired) electrons. The fourth-order valence-electron chi connectivity index (χ4n) is 2.02. The molecule has 0 heterocycles. The van der Waals surface area contributed by atoms with Gasteiger partial charge in [-0.05, 0) is 24.6 Å². The van der Waals surface area contributed by atoms with Gasteiger partial charge in [0.15, 0.2) is 5.78 Å². The van der Waals surface area contributed by atoms with E-state index in [0.29, 0.717) is 11.3 Å². The summed E-state index contributed by atoms with van der Waals surface area (Å²) in [5.41, 5.74) is 2.89. The van der Waals surface area contributed by atoms with Crippen LogP contribution in [0.1, 0.15) is 23.7 Å². The summed E-state index contributed by atoms with van der Waals surface area (Å²) in [6.45, 7) is 1.51. The first kappa shape index (κ1) is 14.5. The van der Waals surface area contributed by atoms with Crippen LogP contribution in [0.3, 0.4) is 0 Å². The van der Waals surface area contributed by atoms with Crippen LogP contribution < -0.4 is 5.32 Å². The number of hydrogen-bond donors (Lipinski definition) is 1. The van der Waals surface area contributed by atoms with Crippen molar-refractivity contribution in [1.82, 2.24) is 0 Å². The van der Waals surface area contributed by atoms with E-state index in [1.54, 1.807) is 30.3 Å². The smallest absolute Gasteiger partial charge is 0.238 e. The van der Waals surface area contributed by atoms with Crippen molar-refractivity contribution in [2.45, 2.75) is 13.3 Å². The fourth-order valence-corrected chi connectivity index (χ4v) is 2.02. The van der Waals surface area contributed by atoms with Gasteiger partial charge < -0.3 is 5.32 Å². The molecule has 0 saturated heterocycles. The van der Waals surface area contributed by atoms with Gasteiger partial charge in [0.1, 0.15) is 6.42 Å². The zero-order valence-electron chi connectivity index (χ0n) is 11.6. The number of Topliss-reactive ketones (excluding diaryl/α,β-unsaturated/α-hetero) is 1. The minimum atomic E-state index is -0.354. The number of nitrogens with one attached hydrogen (secondary N) is 1. The molecule has 2 aromatic rings. The number of rotatable bonds is 4. The molecule has 0 fully saturated rings. The van der Waals surface area contributed by atoms with E-state index in [0.717, 1.165) is 11.1 Å². The standard InChI is InChI=1S/C17H14N2O2/c1-12(20)13-5-4-6-14(11-13)15-7-2-3-8-16(15)19-17(21)9-10-18/h2-8,11H,9H2,1H3,(H,19,21). The molecule has 21 heavy (non-hydrogen) atoms. The molecule has 0 aliphatic carbocycles. The van der Waals surface area contributed by atoms with E-state index in [9.17, 15) is 9.59 Å². The molecule has 2 rings (SSSR count). The maximum Gasteiger partial charge on any atom is 0.238 e. The third-order valence-electron chi connectivity index (χ3n) is 3.02. The molecule has 0 unspecified atom stereocenters. The highest BCUT2D eigenvalue weighted by Gasteiger charge is 2.09. The van der Waals surface area contributed by atoms with Gasteiger partial charge in [0.2, 0.25) is 5.91 Å². The molecule has 0 aliphatic heterocycles. The fraction of sp³-hybridized carbons (Fsp3) is 0.118. The second kappa shape index (κ2) is 6.49. The first-order valence-corrected chi connectivity index (χ1v) is 6.49. The van der Waals surface area contributed by atoms with Crippen LogP contribution in [0.2, 0.25) is 0 Å². The Morgan fingerprint density at radius 3 is 2.62 bits per heavy atom. The number of para-hydroxylation sites is 1. The molecule has 0 saturated carbocycles. The first-order valence-electron chi connectivity index (χ1n) is 6.49. The predicted molar refractivity (Wildman–Crippen MR) is 80.7 cm³/mol. The Labute approximate surface area is 123 Å². The second-order valence-electron chi connectivity index (χ2n) is 4.57. The van der Waals surface area contributed by atoms with E-state index in [1.165, 1.54) is 6.92 Å². The highest BCUT2D eigenvalue weighted by Crippen LogP contribution is 2.28. The largest absolute Gasteiger partial charge is 0.325 e. The molecular weight excluding hydrogens is 264 g/mol. The maximum absolute atomic E-state index is 11.6. The van der Waals surface area contributed by atoms with Gasteiger partial charge in [-0.2, -0.15) is 5.26 Å². The number of ketones is 1. The van der Waals surface area contributed by atoms with Crippen LogP contribution >= 0.6 is 0 Å². The van der Waals surface area contributed by atoms with E-state index in [2.05, 4.69) is 5.32 Å². The molecule has 4 heteroatoms. The summed E-state index contributed by atoms with van der Waals surface area (Å²) in [7, 11) is 0.